The highest BCUT2D eigenvalue weighted by atomic mass is 16.4. The summed E-state index contributed by atoms with van der Waals surface area (Å²) in [6, 6.07) is 36.1. The van der Waals surface area contributed by atoms with Crippen molar-refractivity contribution in [1.29, 1.82) is 0 Å². The van der Waals surface area contributed by atoms with E-state index in [1.807, 2.05) is 30.3 Å². The van der Waals surface area contributed by atoms with Crippen molar-refractivity contribution in [1.82, 2.24) is 4.57 Å². The van der Waals surface area contributed by atoms with Gasteiger partial charge < -0.3 is 18.7 Å². The van der Waals surface area contributed by atoms with Crippen LogP contribution in [-0.4, -0.2) is 10.3 Å². The summed E-state index contributed by atoms with van der Waals surface area (Å²) >= 11 is 0. The van der Waals surface area contributed by atoms with Gasteiger partial charge >= 0.3 is 0 Å². The summed E-state index contributed by atoms with van der Waals surface area (Å²) in [5.74, 6) is 0.600. The third kappa shape index (κ3) is 3.25. The highest BCUT2D eigenvalue weighted by Crippen LogP contribution is 2.45. The van der Waals surface area contributed by atoms with Crippen LogP contribution in [0.15, 0.2) is 123 Å². The van der Waals surface area contributed by atoms with Crippen LogP contribution in [0.4, 0.5) is 11.6 Å². The Labute approximate surface area is 246 Å². The number of nitrogens with zero attached hydrogens (tertiary/aromatic N) is 2. The zero-order valence-electron chi connectivity index (χ0n) is 23.2. The molecule has 2 aliphatic rings. The number of rotatable bonds is 2. The summed E-state index contributed by atoms with van der Waals surface area (Å²) in [5.41, 5.74) is 9.17. The fourth-order valence-corrected chi connectivity index (χ4v) is 7.15. The number of anilines is 1. The number of nitrogens with one attached hydrogen (secondary N) is 1. The van der Waals surface area contributed by atoms with Crippen LogP contribution in [0.1, 0.15) is 29.4 Å². The number of aryl methyl sites for hydroxylation is 1. The quantitative estimate of drug-likeness (QED) is 0.231. The molecule has 0 bridgehead atoms. The average Bonchev–Trinajstić information content (AvgIpc) is 3.71. The van der Waals surface area contributed by atoms with Crippen LogP contribution in [0.2, 0.25) is 0 Å². The topological polar surface area (TPSA) is 55.6 Å². The minimum absolute atomic E-state index is 0.273. The fourth-order valence-electron chi connectivity index (χ4n) is 7.15. The third-order valence-corrected chi connectivity index (χ3v) is 9.13. The van der Waals surface area contributed by atoms with E-state index in [-0.39, 0.29) is 6.17 Å². The number of aliphatic imine (C=N–C) groups is 1. The molecular weight excluding hydrogens is 530 g/mol. The molecule has 1 aliphatic heterocycles. The van der Waals surface area contributed by atoms with Crippen molar-refractivity contribution in [3.63, 3.8) is 0 Å². The molecular formula is C38H25N3O2. The molecule has 0 saturated heterocycles. The lowest BCUT2D eigenvalue weighted by atomic mass is 9.99. The molecule has 5 aromatic carbocycles. The van der Waals surface area contributed by atoms with Gasteiger partial charge in [0, 0.05) is 32.8 Å². The Balaban J connectivity index is 1.27. The van der Waals surface area contributed by atoms with Crippen molar-refractivity contribution in [3.05, 3.63) is 126 Å². The normalized spacial score (nSPS) is 16.2. The summed E-state index contributed by atoms with van der Waals surface area (Å²) in [5, 5.41) is 10.9. The minimum Gasteiger partial charge on any atom is -0.456 e. The van der Waals surface area contributed by atoms with Crippen molar-refractivity contribution >= 4 is 77.9 Å². The van der Waals surface area contributed by atoms with E-state index in [0.29, 0.717) is 5.88 Å². The smallest absolute Gasteiger partial charge is 0.244 e. The van der Waals surface area contributed by atoms with E-state index in [0.717, 1.165) is 62.7 Å². The number of hydrogen-bond acceptors (Lipinski definition) is 4. The highest BCUT2D eigenvalue weighted by molar-refractivity contribution is 6.15. The second-order valence-corrected chi connectivity index (χ2v) is 11.5. The zero-order valence-corrected chi connectivity index (χ0v) is 23.2. The van der Waals surface area contributed by atoms with Gasteiger partial charge in [0.05, 0.1) is 11.2 Å². The molecule has 204 valence electrons. The van der Waals surface area contributed by atoms with Gasteiger partial charge in [-0.05, 0) is 77.7 Å². The summed E-state index contributed by atoms with van der Waals surface area (Å²) in [4.78, 5) is 5.27. The summed E-state index contributed by atoms with van der Waals surface area (Å²) in [6.45, 7) is 0. The van der Waals surface area contributed by atoms with Crippen molar-refractivity contribution in [2.45, 2.75) is 19.0 Å². The van der Waals surface area contributed by atoms with Crippen LogP contribution in [0.5, 0.6) is 0 Å². The van der Waals surface area contributed by atoms with Gasteiger partial charge in [0.2, 0.25) is 5.88 Å². The van der Waals surface area contributed by atoms with E-state index < -0.39 is 0 Å². The van der Waals surface area contributed by atoms with E-state index in [2.05, 4.69) is 94.8 Å². The van der Waals surface area contributed by atoms with Crippen molar-refractivity contribution in [2.75, 3.05) is 5.32 Å². The molecule has 5 heteroatoms. The first-order chi connectivity index (χ1) is 21.3. The van der Waals surface area contributed by atoms with Gasteiger partial charge in [0.15, 0.2) is 0 Å². The number of para-hydroxylation sites is 2. The van der Waals surface area contributed by atoms with Crippen LogP contribution in [0, 0.1) is 0 Å². The summed E-state index contributed by atoms with van der Waals surface area (Å²) in [6.07, 6.45) is 6.35. The molecule has 1 atom stereocenters. The van der Waals surface area contributed by atoms with Gasteiger partial charge in [-0.2, -0.15) is 0 Å². The molecule has 3 aromatic heterocycles. The molecule has 5 nitrogen and oxygen atoms in total. The molecule has 1 unspecified atom stereocenters. The predicted molar refractivity (Wildman–Crippen MR) is 176 cm³/mol. The maximum absolute atomic E-state index is 6.32. The number of hydrogen-bond donors (Lipinski definition) is 1. The van der Waals surface area contributed by atoms with Crippen molar-refractivity contribution in [3.8, 4) is 0 Å². The molecule has 0 spiro atoms. The van der Waals surface area contributed by atoms with Crippen LogP contribution < -0.4 is 5.32 Å². The van der Waals surface area contributed by atoms with E-state index in [1.54, 1.807) is 0 Å². The summed E-state index contributed by atoms with van der Waals surface area (Å²) < 4.78 is 15.1. The first-order valence-corrected chi connectivity index (χ1v) is 14.8. The van der Waals surface area contributed by atoms with E-state index in [4.69, 9.17) is 13.8 Å². The number of allylic oxidation sites excluding steroid dienone is 1. The monoisotopic (exact) mass is 555 g/mol. The second kappa shape index (κ2) is 8.49. The minimum atomic E-state index is -0.273. The Morgan fingerprint density at radius 3 is 2.33 bits per heavy atom. The van der Waals surface area contributed by atoms with E-state index in [1.165, 1.54) is 32.9 Å². The third-order valence-electron chi connectivity index (χ3n) is 9.13. The highest BCUT2D eigenvalue weighted by Gasteiger charge is 2.33. The van der Waals surface area contributed by atoms with Gasteiger partial charge in [0.1, 0.15) is 28.6 Å². The number of benzene rings is 5. The van der Waals surface area contributed by atoms with Gasteiger partial charge in [-0.15, -0.1) is 0 Å². The summed E-state index contributed by atoms with van der Waals surface area (Å²) in [7, 11) is 0. The maximum atomic E-state index is 6.32. The zero-order chi connectivity index (χ0) is 28.1. The lowest BCUT2D eigenvalue weighted by molar-refractivity contribution is 0.616. The molecule has 0 radical (unpaired) electrons. The van der Waals surface area contributed by atoms with Crippen LogP contribution >= 0.6 is 0 Å². The van der Waals surface area contributed by atoms with Gasteiger partial charge in [-0.25, -0.2) is 4.99 Å². The van der Waals surface area contributed by atoms with Crippen molar-refractivity contribution in [2.24, 2.45) is 4.99 Å². The Morgan fingerprint density at radius 1 is 0.698 bits per heavy atom. The van der Waals surface area contributed by atoms with E-state index in [9.17, 15) is 0 Å². The SMILES string of the molecule is C1=Cc2c(c3cc4ccccc4cc3n2C2Nc3c(oc4ccccc34)N=C2c2ccc3c(c2)oc2ccccc23)CC1. The fraction of sp³-hybridized carbons (Fsp3) is 0.0789. The van der Waals surface area contributed by atoms with Gasteiger partial charge in [-0.1, -0.05) is 66.7 Å². The average molecular weight is 556 g/mol. The standard InChI is InChI=1S/C38H25N3O2/c1-2-10-23-20-31-29(19-22(23)9-1)25-11-3-6-14-30(25)41(31)37-35(40-38-36(39-37)28-13-5-8-16-33(28)43-38)24-17-18-27-26-12-4-7-15-32(26)42-34(27)21-24/h1-2,4-10,12-21,37,39H,3,11H2. The Kier molecular flexibility index (Phi) is 4.55. The number of furan rings is 2. The Bertz CT molecular complexity index is 2500. The molecule has 4 heterocycles. The van der Waals surface area contributed by atoms with Crippen LogP contribution in [0.25, 0.3) is 60.7 Å². The molecule has 1 N–H and O–H groups in total. The molecule has 0 fully saturated rings. The Morgan fingerprint density at radius 2 is 1.44 bits per heavy atom. The molecule has 1 aliphatic carbocycles. The molecule has 0 amide bonds. The van der Waals surface area contributed by atoms with Crippen LogP contribution in [0.3, 0.4) is 0 Å². The largest absolute Gasteiger partial charge is 0.456 e. The molecule has 43 heavy (non-hydrogen) atoms. The Hall–Kier alpha value is -5.55. The lowest BCUT2D eigenvalue weighted by Gasteiger charge is -2.29. The predicted octanol–water partition coefficient (Wildman–Crippen LogP) is 10.1. The number of aromatic nitrogens is 1. The van der Waals surface area contributed by atoms with Gasteiger partial charge in [0.25, 0.3) is 0 Å². The van der Waals surface area contributed by atoms with E-state index >= 15 is 0 Å². The number of fused-ring (bicyclic) bond motifs is 10. The van der Waals surface area contributed by atoms with Crippen molar-refractivity contribution < 1.29 is 8.83 Å². The van der Waals surface area contributed by atoms with Crippen LogP contribution in [-0.2, 0) is 6.42 Å². The molecule has 0 saturated carbocycles. The molecule has 10 rings (SSSR count). The molecule has 8 aromatic rings. The second-order valence-electron chi connectivity index (χ2n) is 11.5. The first-order valence-electron chi connectivity index (χ1n) is 14.8. The lowest BCUT2D eigenvalue weighted by Crippen LogP contribution is -2.30. The first kappa shape index (κ1) is 23.1. The maximum Gasteiger partial charge on any atom is 0.244 e. The van der Waals surface area contributed by atoms with Gasteiger partial charge in [-0.3, -0.25) is 0 Å².